The molecule has 7 aromatic rings. The van der Waals surface area contributed by atoms with Gasteiger partial charge in [-0.1, -0.05) is 103 Å². The second-order valence-corrected chi connectivity index (χ2v) is 19.5. The number of aromatic nitrogens is 2. The lowest BCUT2D eigenvalue weighted by atomic mass is 10.1. The first-order valence-corrected chi connectivity index (χ1v) is 26.5. The molecule has 0 bridgehead atoms. The fourth-order valence-corrected chi connectivity index (χ4v) is 9.29. The number of primary amides is 1. The molecule has 0 aliphatic rings. The molecule has 5 aromatic carbocycles. The average molecular weight is 1060 g/mol. The van der Waals surface area contributed by atoms with Crippen molar-refractivity contribution in [3.63, 3.8) is 0 Å². The maximum Gasteiger partial charge on any atom is 0.242 e. The van der Waals surface area contributed by atoms with Gasteiger partial charge in [-0.25, -0.2) is 0 Å². The molecule has 0 fully saturated rings. The summed E-state index contributed by atoms with van der Waals surface area (Å²) in [5.41, 5.74) is 11.5. The fraction of sp³-hybridized carbons (Fsp3) is 0.328. The maximum atomic E-state index is 14.9. The van der Waals surface area contributed by atoms with Gasteiger partial charge in [-0.15, -0.1) is 0 Å². The van der Waals surface area contributed by atoms with Crippen LogP contribution in [0.5, 0.6) is 11.5 Å². The number of carbonyl (C=O) groups excluding carboxylic acids is 5. The average Bonchev–Trinajstić information content (AvgIpc) is 3.46. The number of pyridine rings is 2. The van der Waals surface area contributed by atoms with Crippen LogP contribution >= 0.6 is 0 Å². The second-order valence-electron chi connectivity index (χ2n) is 19.5. The van der Waals surface area contributed by atoms with Crippen molar-refractivity contribution in [2.45, 2.75) is 71.2 Å². The highest BCUT2D eigenvalue weighted by Crippen LogP contribution is 2.30. The van der Waals surface area contributed by atoms with Crippen molar-refractivity contribution in [1.82, 2.24) is 34.9 Å². The van der Waals surface area contributed by atoms with Crippen molar-refractivity contribution >= 4 is 62.7 Å². The Bertz CT molecular complexity index is 3080. The third-order valence-corrected chi connectivity index (χ3v) is 13.4. The molecule has 0 aliphatic heterocycles. The number of methoxy groups -OCH3 is 2. The SMILES string of the molecule is COc1cc(NC(C)CCCN(CC(=O)N(CC(=O)N(CCCC(C)Nc2cc(OC)cc3cccnc23)CC(=O)N(CC(N)=O)Cc2ccccc2)Cc2ccccc2)C(=O)CNCc2ccccc2)c2ncccc2c1. The van der Waals surface area contributed by atoms with Gasteiger partial charge < -0.3 is 50.8 Å². The highest BCUT2D eigenvalue weighted by molar-refractivity contribution is 5.94. The molecule has 17 nitrogen and oxygen atoms in total. The number of nitrogens with one attached hydrogen (secondary N) is 3. The Labute approximate surface area is 457 Å². The molecule has 2 atom stereocenters. The number of ether oxygens (including phenoxy) is 2. The molecule has 408 valence electrons. The van der Waals surface area contributed by atoms with Gasteiger partial charge in [0, 0.05) is 80.1 Å². The smallest absolute Gasteiger partial charge is 0.242 e. The number of nitrogens with zero attached hydrogens (tertiary/aromatic N) is 6. The Morgan fingerprint density at radius 1 is 0.513 bits per heavy atom. The van der Waals surface area contributed by atoms with Crippen LogP contribution in [-0.4, -0.2) is 131 Å². The van der Waals surface area contributed by atoms with Crippen LogP contribution in [0.25, 0.3) is 21.8 Å². The van der Waals surface area contributed by atoms with Crippen molar-refractivity contribution < 1.29 is 33.4 Å². The lowest BCUT2D eigenvalue weighted by Gasteiger charge is -2.31. The molecule has 0 saturated heterocycles. The van der Waals surface area contributed by atoms with E-state index in [-0.39, 0.29) is 76.9 Å². The van der Waals surface area contributed by atoms with Gasteiger partial charge in [0.15, 0.2) is 0 Å². The van der Waals surface area contributed by atoms with Gasteiger partial charge >= 0.3 is 0 Å². The Balaban J connectivity index is 1.10. The van der Waals surface area contributed by atoms with E-state index in [0.29, 0.717) is 43.7 Å². The molecular formula is C61H72N10O7. The quantitative estimate of drug-likeness (QED) is 0.0343. The van der Waals surface area contributed by atoms with E-state index in [9.17, 15) is 24.0 Å². The predicted molar refractivity (Wildman–Crippen MR) is 305 cm³/mol. The molecule has 2 heterocycles. The van der Waals surface area contributed by atoms with E-state index in [4.69, 9.17) is 15.2 Å². The van der Waals surface area contributed by atoms with E-state index < -0.39 is 23.6 Å². The van der Waals surface area contributed by atoms with Crippen molar-refractivity contribution in [3.05, 3.63) is 169 Å². The van der Waals surface area contributed by atoms with E-state index >= 15 is 0 Å². The van der Waals surface area contributed by atoms with Crippen LogP contribution in [-0.2, 0) is 43.6 Å². The summed E-state index contributed by atoms with van der Waals surface area (Å²) in [4.78, 5) is 85.7. The molecule has 0 radical (unpaired) electrons. The number of amides is 5. The summed E-state index contributed by atoms with van der Waals surface area (Å²) in [7, 11) is 3.24. The molecule has 5 N–H and O–H groups in total. The number of rotatable bonds is 30. The number of nitrogens with two attached hydrogens (primary N) is 1. The third-order valence-electron chi connectivity index (χ3n) is 13.4. The second kappa shape index (κ2) is 29.1. The summed E-state index contributed by atoms with van der Waals surface area (Å²) >= 11 is 0. The zero-order chi connectivity index (χ0) is 55.2. The van der Waals surface area contributed by atoms with Crippen LogP contribution < -0.4 is 31.2 Å². The topological polar surface area (TPSA) is 205 Å². The van der Waals surface area contributed by atoms with Crippen LogP contribution in [0.15, 0.2) is 152 Å². The summed E-state index contributed by atoms with van der Waals surface area (Å²) in [5.74, 6) is -0.982. The third kappa shape index (κ3) is 17.2. The molecule has 0 aliphatic carbocycles. The number of fused-ring (bicyclic) bond motifs is 2. The summed E-state index contributed by atoms with van der Waals surface area (Å²) in [6.07, 6.45) is 5.74. The Morgan fingerprint density at radius 3 is 1.37 bits per heavy atom. The van der Waals surface area contributed by atoms with Crippen LogP contribution in [0, 0.1) is 0 Å². The Morgan fingerprint density at radius 2 is 0.923 bits per heavy atom. The monoisotopic (exact) mass is 1060 g/mol. The number of benzene rings is 5. The van der Waals surface area contributed by atoms with Gasteiger partial charge in [0.2, 0.25) is 29.5 Å². The molecule has 2 aromatic heterocycles. The van der Waals surface area contributed by atoms with Crippen LogP contribution in [0.4, 0.5) is 11.4 Å². The maximum absolute atomic E-state index is 14.9. The molecular weight excluding hydrogens is 985 g/mol. The highest BCUT2D eigenvalue weighted by Gasteiger charge is 2.28. The molecule has 7 rings (SSSR count). The van der Waals surface area contributed by atoms with Crippen molar-refractivity contribution in [3.8, 4) is 11.5 Å². The summed E-state index contributed by atoms with van der Waals surface area (Å²) < 4.78 is 11.2. The normalized spacial score (nSPS) is 11.8. The molecule has 5 amide bonds. The summed E-state index contributed by atoms with van der Waals surface area (Å²) in [6.45, 7) is 3.69. The minimum absolute atomic E-state index is 0.0203. The van der Waals surface area contributed by atoms with E-state index in [2.05, 4.69) is 32.8 Å². The predicted octanol–water partition coefficient (Wildman–Crippen LogP) is 7.65. The zero-order valence-electron chi connectivity index (χ0n) is 45.1. The van der Waals surface area contributed by atoms with Gasteiger partial charge in [0.1, 0.15) is 18.0 Å². The van der Waals surface area contributed by atoms with E-state index in [1.807, 2.05) is 146 Å². The minimum Gasteiger partial charge on any atom is -0.497 e. The lowest BCUT2D eigenvalue weighted by Crippen LogP contribution is -2.50. The van der Waals surface area contributed by atoms with Crippen molar-refractivity contribution in [2.75, 3.05) is 70.7 Å². The number of anilines is 2. The van der Waals surface area contributed by atoms with Crippen LogP contribution in [0.3, 0.4) is 0 Å². The number of hydrogen-bond acceptors (Lipinski definition) is 12. The fourth-order valence-electron chi connectivity index (χ4n) is 9.29. The molecule has 0 saturated carbocycles. The standard InChI is InChI=1S/C61H72N10O7/c1-44(66-53-34-51(77-3)32-49-26-14-28-64-60(49)53)18-16-30-68(56(73)37-63-36-46-20-8-5-9-21-46)41-59(76)71(39-48-24-12-7-13-25-48)43-57(74)69(42-58(75)70(40-55(62)72)38-47-22-10-6-11-23-47)31-17-19-45(2)67-54-35-52(78-4)33-50-27-15-29-65-61(50)54/h5-15,20-29,32-35,44-45,63,66-67H,16-19,30-31,36-43H2,1-4H3,(H2,62,72). The highest BCUT2D eigenvalue weighted by atomic mass is 16.5. The first kappa shape index (κ1) is 57.1. The largest absolute Gasteiger partial charge is 0.497 e. The van der Waals surface area contributed by atoms with Gasteiger partial charge in [-0.2, -0.15) is 0 Å². The number of carbonyl (C=O) groups is 5. The van der Waals surface area contributed by atoms with Crippen molar-refractivity contribution in [1.29, 1.82) is 0 Å². The first-order valence-electron chi connectivity index (χ1n) is 26.5. The summed E-state index contributed by atoms with van der Waals surface area (Å²) in [5, 5.41) is 12.2. The van der Waals surface area contributed by atoms with Gasteiger partial charge in [0.25, 0.3) is 0 Å². The molecule has 2 unspecified atom stereocenters. The zero-order valence-corrected chi connectivity index (χ0v) is 45.1. The molecule has 78 heavy (non-hydrogen) atoms. The minimum atomic E-state index is -0.695. The van der Waals surface area contributed by atoms with E-state index in [0.717, 1.165) is 49.9 Å². The number of hydrogen-bond donors (Lipinski definition) is 4. The van der Waals surface area contributed by atoms with Crippen LogP contribution in [0.1, 0.15) is 56.2 Å². The Hall–Kier alpha value is -8.57. The van der Waals surface area contributed by atoms with Crippen LogP contribution in [0.2, 0.25) is 0 Å². The molecule has 17 heteroatoms. The van der Waals surface area contributed by atoms with Gasteiger partial charge in [0.05, 0.1) is 62.8 Å². The lowest BCUT2D eigenvalue weighted by molar-refractivity contribution is -0.147. The van der Waals surface area contributed by atoms with E-state index in [1.54, 1.807) is 31.5 Å². The van der Waals surface area contributed by atoms with Gasteiger partial charge in [-0.05, 0) is 80.5 Å². The van der Waals surface area contributed by atoms with Gasteiger partial charge in [-0.3, -0.25) is 33.9 Å². The van der Waals surface area contributed by atoms with E-state index in [1.165, 1.54) is 14.7 Å². The first-order chi connectivity index (χ1) is 37.8. The molecule has 0 spiro atoms. The Kier molecular flexibility index (Phi) is 21.3. The van der Waals surface area contributed by atoms with Crippen molar-refractivity contribution in [2.24, 2.45) is 5.73 Å². The summed E-state index contributed by atoms with van der Waals surface area (Å²) in [6, 6.07) is 43.6.